The predicted octanol–water partition coefficient (Wildman–Crippen LogP) is 3.76. The number of Topliss-reactive ketones (excluding diaryl/α,β-unsaturated/α-hetero) is 1. The maximum Gasteiger partial charge on any atom is 0.220 e. The van der Waals surface area contributed by atoms with Crippen molar-refractivity contribution in [2.24, 2.45) is 0 Å². The Morgan fingerprint density at radius 1 is 1.14 bits per heavy atom. The molecule has 122 valence electrons. The summed E-state index contributed by atoms with van der Waals surface area (Å²) in [6.45, 7) is 2.06. The van der Waals surface area contributed by atoms with Crippen LogP contribution in [0.15, 0.2) is 24.3 Å². The molecule has 0 heterocycles. The normalized spacial score (nSPS) is 10.3. The lowest BCUT2D eigenvalue weighted by atomic mass is 10.1. The van der Waals surface area contributed by atoms with E-state index in [4.69, 9.17) is 16.3 Å². The Bertz CT molecular complexity index is 477. The third-order valence-corrected chi connectivity index (χ3v) is 3.53. The van der Waals surface area contributed by atoms with Gasteiger partial charge in [0.1, 0.15) is 12.4 Å². The third kappa shape index (κ3) is 8.03. The largest absolute Gasteiger partial charge is 0.484 e. The summed E-state index contributed by atoms with van der Waals surface area (Å²) in [6, 6.07) is 6.97. The molecule has 1 aromatic carbocycles. The van der Waals surface area contributed by atoms with Crippen LogP contribution in [0.3, 0.4) is 0 Å². The molecule has 1 aromatic rings. The lowest BCUT2D eigenvalue weighted by Crippen LogP contribution is -2.31. The molecule has 22 heavy (non-hydrogen) atoms. The van der Waals surface area contributed by atoms with E-state index in [0.29, 0.717) is 17.2 Å². The molecule has 0 atom stereocenters. The van der Waals surface area contributed by atoms with Gasteiger partial charge in [0.15, 0.2) is 5.78 Å². The van der Waals surface area contributed by atoms with Crippen molar-refractivity contribution in [3.8, 4) is 5.75 Å². The number of rotatable bonds is 11. The lowest BCUT2D eigenvalue weighted by molar-refractivity contribution is -0.126. The van der Waals surface area contributed by atoms with Gasteiger partial charge in [-0.1, -0.05) is 56.3 Å². The highest BCUT2D eigenvalue weighted by Gasteiger charge is 2.08. The highest BCUT2D eigenvalue weighted by atomic mass is 35.5. The molecule has 0 unspecified atom stereocenters. The van der Waals surface area contributed by atoms with Crippen LogP contribution in [-0.2, 0) is 9.59 Å². The van der Waals surface area contributed by atoms with Crippen LogP contribution in [-0.4, -0.2) is 24.8 Å². The van der Waals surface area contributed by atoms with E-state index in [-0.39, 0.29) is 24.8 Å². The van der Waals surface area contributed by atoms with Gasteiger partial charge in [-0.25, -0.2) is 0 Å². The Kier molecular flexibility index (Phi) is 9.31. The number of hydrogen-bond acceptors (Lipinski definition) is 3. The summed E-state index contributed by atoms with van der Waals surface area (Å²) in [5.41, 5.74) is 0. The fourth-order valence-corrected chi connectivity index (χ4v) is 2.14. The van der Waals surface area contributed by atoms with Crippen molar-refractivity contribution >= 4 is 23.3 Å². The molecule has 0 saturated carbocycles. The number of carbonyl (C=O) groups excluding carboxylic acids is 2. The molecule has 0 aliphatic heterocycles. The van der Waals surface area contributed by atoms with Crippen LogP contribution in [0.4, 0.5) is 0 Å². The number of ketones is 1. The van der Waals surface area contributed by atoms with Gasteiger partial charge < -0.3 is 10.1 Å². The molecule has 0 fully saturated rings. The van der Waals surface area contributed by atoms with E-state index in [9.17, 15) is 9.59 Å². The topological polar surface area (TPSA) is 55.4 Å². The SMILES string of the molecule is CCCCCCCC(=O)NCC(=O)COc1ccccc1Cl. The molecule has 5 heteroatoms. The number of ether oxygens (including phenoxy) is 1. The summed E-state index contributed by atoms with van der Waals surface area (Å²) in [5, 5.41) is 3.09. The molecule has 0 radical (unpaired) electrons. The van der Waals surface area contributed by atoms with Gasteiger partial charge in [0.2, 0.25) is 5.91 Å². The number of amides is 1. The highest BCUT2D eigenvalue weighted by molar-refractivity contribution is 6.32. The van der Waals surface area contributed by atoms with Gasteiger partial charge in [0, 0.05) is 6.42 Å². The quantitative estimate of drug-likeness (QED) is 0.630. The zero-order chi connectivity index (χ0) is 16.2. The summed E-state index contributed by atoms with van der Waals surface area (Å²) in [5.74, 6) is 0.210. The van der Waals surface area contributed by atoms with E-state index in [0.717, 1.165) is 19.3 Å². The van der Waals surface area contributed by atoms with Crippen molar-refractivity contribution in [1.29, 1.82) is 0 Å². The molecular formula is C17H24ClNO3. The van der Waals surface area contributed by atoms with Crippen LogP contribution >= 0.6 is 11.6 Å². The molecule has 1 rings (SSSR count). The van der Waals surface area contributed by atoms with E-state index >= 15 is 0 Å². The second kappa shape index (κ2) is 11.1. The van der Waals surface area contributed by atoms with Crippen molar-refractivity contribution < 1.29 is 14.3 Å². The predicted molar refractivity (Wildman–Crippen MR) is 88.3 cm³/mol. The molecular weight excluding hydrogens is 302 g/mol. The number of para-hydroxylation sites is 1. The zero-order valence-electron chi connectivity index (χ0n) is 13.1. The molecule has 0 bridgehead atoms. The number of hydrogen-bond donors (Lipinski definition) is 1. The summed E-state index contributed by atoms with van der Waals surface area (Å²) in [7, 11) is 0. The van der Waals surface area contributed by atoms with E-state index in [1.807, 2.05) is 0 Å². The first-order valence-electron chi connectivity index (χ1n) is 7.79. The Labute approximate surface area is 137 Å². The summed E-state index contributed by atoms with van der Waals surface area (Å²) >= 11 is 5.92. The van der Waals surface area contributed by atoms with Crippen LogP contribution < -0.4 is 10.1 Å². The average molecular weight is 326 g/mol. The number of benzene rings is 1. The van der Waals surface area contributed by atoms with Gasteiger partial charge in [-0.2, -0.15) is 0 Å². The van der Waals surface area contributed by atoms with Crippen molar-refractivity contribution in [3.63, 3.8) is 0 Å². The Balaban J connectivity index is 2.12. The minimum absolute atomic E-state index is 0.00174. The zero-order valence-corrected chi connectivity index (χ0v) is 13.8. The van der Waals surface area contributed by atoms with Gasteiger partial charge in [0.05, 0.1) is 11.6 Å². The van der Waals surface area contributed by atoms with Crippen LogP contribution in [0.5, 0.6) is 5.75 Å². The first-order chi connectivity index (χ1) is 10.6. The number of unbranched alkanes of at least 4 members (excludes halogenated alkanes) is 4. The van der Waals surface area contributed by atoms with Crippen molar-refractivity contribution in [1.82, 2.24) is 5.32 Å². The first kappa shape index (κ1) is 18.5. The minimum Gasteiger partial charge on any atom is -0.484 e. The number of nitrogens with one attached hydrogen (secondary N) is 1. The maximum absolute atomic E-state index is 11.7. The minimum atomic E-state index is -0.181. The fraction of sp³-hybridized carbons (Fsp3) is 0.529. The standard InChI is InChI=1S/C17H24ClNO3/c1-2-3-4-5-6-11-17(21)19-12-14(20)13-22-16-10-8-7-9-15(16)18/h7-10H,2-6,11-13H2,1H3,(H,19,21). The van der Waals surface area contributed by atoms with Gasteiger partial charge in [-0.15, -0.1) is 0 Å². The Morgan fingerprint density at radius 3 is 2.59 bits per heavy atom. The summed E-state index contributed by atoms with van der Waals surface area (Å²) < 4.78 is 5.32. The van der Waals surface area contributed by atoms with Crippen LogP contribution in [0.2, 0.25) is 5.02 Å². The van der Waals surface area contributed by atoms with E-state index in [1.54, 1.807) is 24.3 Å². The summed E-state index contributed by atoms with van der Waals surface area (Å²) in [4.78, 5) is 23.2. The van der Waals surface area contributed by atoms with Crippen molar-refractivity contribution in [2.75, 3.05) is 13.2 Å². The second-order valence-electron chi connectivity index (χ2n) is 5.20. The third-order valence-electron chi connectivity index (χ3n) is 3.22. The fourth-order valence-electron chi connectivity index (χ4n) is 1.95. The molecule has 0 aromatic heterocycles. The number of halogens is 1. The van der Waals surface area contributed by atoms with Gasteiger partial charge >= 0.3 is 0 Å². The monoisotopic (exact) mass is 325 g/mol. The molecule has 0 aliphatic carbocycles. The van der Waals surface area contributed by atoms with E-state index in [1.165, 1.54) is 12.8 Å². The molecule has 1 amide bonds. The van der Waals surface area contributed by atoms with E-state index < -0.39 is 0 Å². The van der Waals surface area contributed by atoms with Crippen LogP contribution in [0, 0.1) is 0 Å². The Morgan fingerprint density at radius 2 is 1.86 bits per heavy atom. The summed E-state index contributed by atoms with van der Waals surface area (Å²) in [6.07, 6.45) is 5.96. The highest BCUT2D eigenvalue weighted by Crippen LogP contribution is 2.22. The molecule has 0 saturated heterocycles. The van der Waals surface area contributed by atoms with Gasteiger partial charge in [-0.3, -0.25) is 9.59 Å². The second-order valence-corrected chi connectivity index (χ2v) is 5.61. The van der Waals surface area contributed by atoms with Crippen molar-refractivity contribution in [3.05, 3.63) is 29.3 Å². The maximum atomic E-state index is 11.7. The molecule has 0 spiro atoms. The smallest absolute Gasteiger partial charge is 0.220 e. The molecule has 1 N–H and O–H groups in total. The average Bonchev–Trinajstić information content (AvgIpc) is 2.52. The molecule has 0 aliphatic rings. The van der Waals surface area contributed by atoms with Gasteiger partial charge in [0.25, 0.3) is 0 Å². The van der Waals surface area contributed by atoms with Crippen molar-refractivity contribution in [2.45, 2.75) is 45.4 Å². The van der Waals surface area contributed by atoms with E-state index in [2.05, 4.69) is 12.2 Å². The Hall–Kier alpha value is -1.55. The van der Waals surface area contributed by atoms with Gasteiger partial charge in [-0.05, 0) is 18.6 Å². The lowest BCUT2D eigenvalue weighted by Gasteiger charge is -2.08. The van der Waals surface area contributed by atoms with Crippen LogP contribution in [0.1, 0.15) is 45.4 Å². The number of carbonyl (C=O) groups is 2. The first-order valence-corrected chi connectivity index (χ1v) is 8.17. The molecule has 4 nitrogen and oxygen atoms in total. The van der Waals surface area contributed by atoms with Crippen LogP contribution in [0.25, 0.3) is 0 Å².